The normalized spacial score (nSPS) is 16.6. The number of rotatable bonds is 4. The van der Waals surface area contributed by atoms with E-state index >= 15 is 0 Å². The predicted molar refractivity (Wildman–Crippen MR) is 111 cm³/mol. The molecule has 0 atom stereocenters. The largest absolute Gasteiger partial charge is 0.399 e. The summed E-state index contributed by atoms with van der Waals surface area (Å²) in [6.07, 6.45) is 6.20. The summed E-state index contributed by atoms with van der Waals surface area (Å²) in [7, 11) is 8.29. The van der Waals surface area contributed by atoms with Gasteiger partial charge in [0.15, 0.2) is 0 Å². The number of nitrogen functional groups attached to an aromatic ring is 2. The van der Waals surface area contributed by atoms with Gasteiger partial charge in [0.05, 0.1) is 0 Å². The van der Waals surface area contributed by atoms with Gasteiger partial charge in [-0.2, -0.15) is 0 Å². The van der Waals surface area contributed by atoms with Gasteiger partial charge in [0.2, 0.25) is 0 Å². The zero-order chi connectivity index (χ0) is 18.7. The zero-order valence-corrected chi connectivity index (χ0v) is 15.5. The number of pyridine rings is 1. The number of likely N-dealkylation sites (tertiary alicyclic amines) is 1. The molecule has 2 radical (unpaired) electrons. The van der Waals surface area contributed by atoms with Gasteiger partial charge in [0.25, 0.3) is 0 Å². The number of allylic oxidation sites excluding steroid dienone is 1. The van der Waals surface area contributed by atoms with Crippen LogP contribution >= 0.6 is 0 Å². The molecule has 1 aromatic carbocycles. The number of nitrogens with zero attached hydrogens (tertiary/aromatic N) is 2. The van der Waals surface area contributed by atoms with Crippen LogP contribution < -0.4 is 22.2 Å². The molecule has 1 aliphatic rings. The van der Waals surface area contributed by atoms with Gasteiger partial charge < -0.3 is 21.7 Å². The Morgan fingerprint density at radius 1 is 1.23 bits per heavy atom. The summed E-state index contributed by atoms with van der Waals surface area (Å²) < 4.78 is 0. The third kappa shape index (κ3) is 4.19. The third-order valence-electron chi connectivity index (χ3n) is 4.99. The van der Waals surface area contributed by atoms with Crippen molar-refractivity contribution in [3.8, 4) is 11.1 Å². The van der Waals surface area contributed by atoms with E-state index in [4.69, 9.17) is 19.3 Å². The van der Waals surface area contributed by atoms with Crippen molar-refractivity contribution in [3.63, 3.8) is 0 Å². The third-order valence-corrected chi connectivity index (χ3v) is 4.99. The Kier molecular flexibility index (Phi) is 5.52. The molecule has 0 amide bonds. The highest BCUT2D eigenvalue weighted by Crippen LogP contribution is 2.27. The van der Waals surface area contributed by atoms with Crippen LogP contribution in [-0.2, 0) is 0 Å². The van der Waals surface area contributed by atoms with Crippen molar-refractivity contribution in [1.29, 1.82) is 0 Å². The molecule has 134 valence electrons. The number of hydrogen-bond acceptors (Lipinski definition) is 5. The summed E-state index contributed by atoms with van der Waals surface area (Å²) in [6.45, 7) is 4.34. The van der Waals surface area contributed by atoms with Crippen molar-refractivity contribution in [2.75, 3.05) is 31.6 Å². The minimum atomic E-state index is 0.460. The minimum Gasteiger partial charge on any atom is -0.399 e. The monoisotopic (exact) mass is 347 g/mol. The van der Waals surface area contributed by atoms with Crippen LogP contribution in [0.4, 0.5) is 11.5 Å². The highest BCUT2D eigenvalue weighted by molar-refractivity contribution is 6.36. The van der Waals surface area contributed by atoms with E-state index < -0.39 is 0 Å². The molecule has 6 heteroatoms. The first-order valence-corrected chi connectivity index (χ1v) is 8.96. The molecular formula is C20H26BN5. The average Bonchev–Trinajstić information content (AvgIpc) is 2.62. The Morgan fingerprint density at radius 3 is 2.65 bits per heavy atom. The van der Waals surface area contributed by atoms with Crippen molar-refractivity contribution in [2.24, 2.45) is 0 Å². The topological polar surface area (TPSA) is 80.2 Å². The fourth-order valence-electron chi connectivity index (χ4n) is 3.23. The van der Waals surface area contributed by atoms with Gasteiger partial charge in [0.1, 0.15) is 13.7 Å². The van der Waals surface area contributed by atoms with Crippen LogP contribution in [0.15, 0.2) is 36.7 Å². The maximum Gasteiger partial charge on any atom is 0.131 e. The lowest BCUT2D eigenvalue weighted by Crippen LogP contribution is -2.38. The average molecular weight is 347 g/mol. The number of benzene rings is 1. The van der Waals surface area contributed by atoms with Crippen molar-refractivity contribution in [3.05, 3.63) is 42.2 Å². The quantitative estimate of drug-likeness (QED) is 0.580. The lowest BCUT2D eigenvalue weighted by molar-refractivity contribution is 0.244. The van der Waals surface area contributed by atoms with Crippen LogP contribution in [0.3, 0.4) is 0 Å². The van der Waals surface area contributed by atoms with E-state index in [-0.39, 0.29) is 0 Å². The molecule has 0 saturated carbocycles. The maximum atomic E-state index is 6.12. The van der Waals surface area contributed by atoms with Gasteiger partial charge in [-0.25, -0.2) is 4.98 Å². The molecule has 1 saturated heterocycles. The van der Waals surface area contributed by atoms with Crippen molar-refractivity contribution in [2.45, 2.75) is 25.8 Å². The van der Waals surface area contributed by atoms with Gasteiger partial charge in [-0.15, -0.1) is 0 Å². The fraction of sp³-hybridized carbons (Fsp3) is 0.350. The smallest absolute Gasteiger partial charge is 0.131 e. The molecule has 0 aliphatic carbocycles. The lowest BCUT2D eigenvalue weighted by Gasteiger charge is -2.29. The van der Waals surface area contributed by atoms with Gasteiger partial charge in [-0.1, -0.05) is 11.5 Å². The summed E-state index contributed by atoms with van der Waals surface area (Å²) in [5.41, 5.74) is 16.9. The lowest BCUT2D eigenvalue weighted by atomic mass is 9.86. The molecule has 1 aliphatic heterocycles. The highest BCUT2D eigenvalue weighted by atomic mass is 15.1. The molecule has 0 spiro atoms. The molecule has 0 bridgehead atoms. The molecule has 5 N–H and O–H groups in total. The van der Waals surface area contributed by atoms with E-state index in [0.29, 0.717) is 23.0 Å². The number of aromatic nitrogens is 1. The van der Waals surface area contributed by atoms with Crippen molar-refractivity contribution >= 4 is 30.4 Å². The van der Waals surface area contributed by atoms with E-state index in [9.17, 15) is 0 Å². The standard InChI is InChI=1S/C20H26BN5/c1-13(11-24-16-5-7-26(2)8-6-16)14-9-18(20(23)25-12-14)17-4-3-15(22)10-19(17)21/h3-4,9-12,16,24H,5-8,22H2,1-2H3,(H2,23,25)/b13-11+. The van der Waals surface area contributed by atoms with Crippen LogP contribution in [-0.4, -0.2) is 43.9 Å². The molecular weight excluding hydrogens is 321 g/mol. The summed E-state index contributed by atoms with van der Waals surface area (Å²) in [4.78, 5) is 6.72. The first kappa shape index (κ1) is 18.3. The van der Waals surface area contributed by atoms with Gasteiger partial charge >= 0.3 is 0 Å². The molecule has 2 heterocycles. The SMILES string of the molecule is [B]c1cc(N)ccc1-c1cc(/C(C)=C/NC2CCN(C)CC2)cnc1N. The number of piperidine rings is 1. The van der Waals surface area contributed by atoms with Crippen LogP contribution in [0.25, 0.3) is 16.7 Å². The number of nitrogens with two attached hydrogens (primary N) is 2. The van der Waals surface area contributed by atoms with E-state index in [1.165, 1.54) is 0 Å². The van der Waals surface area contributed by atoms with Gasteiger partial charge in [-0.3, -0.25) is 0 Å². The second-order valence-corrected chi connectivity index (χ2v) is 7.08. The molecule has 0 unspecified atom stereocenters. The van der Waals surface area contributed by atoms with Crippen LogP contribution in [0, 0.1) is 0 Å². The van der Waals surface area contributed by atoms with Crippen molar-refractivity contribution in [1.82, 2.24) is 15.2 Å². The molecule has 1 aromatic heterocycles. The second-order valence-electron chi connectivity index (χ2n) is 7.08. The van der Waals surface area contributed by atoms with E-state index in [0.717, 1.165) is 48.2 Å². The Morgan fingerprint density at radius 2 is 1.96 bits per heavy atom. The minimum absolute atomic E-state index is 0.460. The first-order chi connectivity index (χ1) is 12.4. The Balaban J connectivity index is 1.81. The zero-order valence-electron chi connectivity index (χ0n) is 15.5. The van der Waals surface area contributed by atoms with E-state index in [2.05, 4.69) is 35.4 Å². The molecule has 5 nitrogen and oxygen atoms in total. The summed E-state index contributed by atoms with van der Waals surface area (Å²) >= 11 is 0. The molecule has 26 heavy (non-hydrogen) atoms. The molecule has 2 aromatic rings. The predicted octanol–water partition coefficient (Wildman–Crippen LogP) is 1.75. The Labute approximate surface area is 156 Å². The number of hydrogen-bond donors (Lipinski definition) is 3. The highest BCUT2D eigenvalue weighted by Gasteiger charge is 2.15. The van der Waals surface area contributed by atoms with E-state index in [1.807, 2.05) is 18.2 Å². The fourth-order valence-corrected chi connectivity index (χ4v) is 3.23. The van der Waals surface area contributed by atoms with Crippen LogP contribution in [0.1, 0.15) is 25.3 Å². The summed E-state index contributed by atoms with van der Waals surface area (Å²) in [5.74, 6) is 0.460. The maximum absolute atomic E-state index is 6.12. The first-order valence-electron chi connectivity index (χ1n) is 8.96. The molecule has 1 fully saturated rings. The second kappa shape index (κ2) is 7.83. The van der Waals surface area contributed by atoms with Crippen LogP contribution in [0.2, 0.25) is 0 Å². The van der Waals surface area contributed by atoms with Crippen molar-refractivity contribution < 1.29 is 0 Å². The number of anilines is 2. The van der Waals surface area contributed by atoms with Gasteiger partial charge in [-0.05, 0) is 74.8 Å². The van der Waals surface area contributed by atoms with Crippen LogP contribution in [0.5, 0.6) is 0 Å². The summed E-state index contributed by atoms with van der Waals surface area (Å²) in [5, 5.41) is 3.54. The summed E-state index contributed by atoms with van der Waals surface area (Å²) in [6, 6.07) is 8.01. The van der Waals surface area contributed by atoms with Gasteiger partial charge in [0, 0.05) is 29.7 Å². The Bertz CT molecular complexity index is 810. The number of nitrogens with one attached hydrogen (secondary N) is 1. The Hall–Kier alpha value is -2.47. The molecule has 3 rings (SSSR count). The van der Waals surface area contributed by atoms with E-state index in [1.54, 1.807) is 12.3 Å².